The number of fused-ring (bicyclic) bond motifs is 1. The van der Waals surface area contributed by atoms with E-state index in [9.17, 15) is 9.90 Å². The predicted molar refractivity (Wildman–Crippen MR) is 77.0 cm³/mol. The van der Waals surface area contributed by atoms with Gasteiger partial charge in [-0.2, -0.15) is 0 Å². The largest absolute Gasteiger partial charge is 0.388 e. The smallest absolute Gasteiger partial charge is 0.261 e. The van der Waals surface area contributed by atoms with E-state index in [1.54, 1.807) is 11.3 Å². The van der Waals surface area contributed by atoms with E-state index in [0.29, 0.717) is 37.5 Å². The fraction of sp³-hybridized carbons (Fsp3) is 0.462. The van der Waals surface area contributed by atoms with Crippen LogP contribution in [0.4, 0.5) is 0 Å². The van der Waals surface area contributed by atoms with Crippen LogP contribution in [0.15, 0.2) is 17.5 Å². The van der Waals surface area contributed by atoms with E-state index in [1.165, 1.54) is 11.3 Å². The van der Waals surface area contributed by atoms with Gasteiger partial charge in [0.1, 0.15) is 0 Å². The molecule has 102 valence electrons. The highest BCUT2D eigenvalue weighted by molar-refractivity contribution is 7.27. The van der Waals surface area contributed by atoms with Crippen LogP contribution in [0.25, 0.3) is 9.40 Å². The summed E-state index contributed by atoms with van der Waals surface area (Å²) in [5, 5.41) is 15.1. The number of ether oxygens (including phenoxy) is 1. The van der Waals surface area contributed by atoms with E-state index in [1.807, 2.05) is 17.5 Å². The molecule has 4 nitrogen and oxygen atoms in total. The maximum absolute atomic E-state index is 12.1. The monoisotopic (exact) mass is 297 g/mol. The van der Waals surface area contributed by atoms with Crippen LogP contribution in [0.1, 0.15) is 22.5 Å². The first-order chi connectivity index (χ1) is 9.16. The van der Waals surface area contributed by atoms with Crippen LogP contribution in [0, 0.1) is 0 Å². The first-order valence-electron chi connectivity index (χ1n) is 6.22. The zero-order valence-electron chi connectivity index (χ0n) is 10.3. The van der Waals surface area contributed by atoms with Crippen molar-refractivity contribution in [1.29, 1.82) is 0 Å². The molecule has 0 bridgehead atoms. The number of thiophene rings is 2. The topological polar surface area (TPSA) is 58.6 Å². The molecule has 1 amide bonds. The van der Waals surface area contributed by atoms with Crippen molar-refractivity contribution >= 4 is 38.0 Å². The lowest BCUT2D eigenvalue weighted by Gasteiger charge is -2.31. The first kappa shape index (κ1) is 13.1. The number of hydrogen-bond donors (Lipinski definition) is 2. The number of nitrogens with one attached hydrogen (secondary N) is 1. The second-order valence-electron chi connectivity index (χ2n) is 4.78. The van der Waals surface area contributed by atoms with Crippen molar-refractivity contribution in [3.8, 4) is 0 Å². The highest BCUT2D eigenvalue weighted by Crippen LogP contribution is 2.30. The normalized spacial score (nSPS) is 18.6. The molecule has 1 saturated heterocycles. The Kier molecular flexibility index (Phi) is 3.58. The minimum Gasteiger partial charge on any atom is -0.388 e. The molecular weight excluding hydrogens is 282 g/mol. The third-order valence-electron chi connectivity index (χ3n) is 3.36. The van der Waals surface area contributed by atoms with Crippen LogP contribution >= 0.6 is 22.7 Å². The van der Waals surface area contributed by atoms with Crippen molar-refractivity contribution in [2.24, 2.45) is 0 Å². The molecule has 0 spiro atoms. The SMILES string of the molecule is O=C(NCC1(O)CCOCC1)c1cc2sccc2s1. The maximum Gasteiger partial charge on any atom is 0.261 e. The lowest BCUT2D eigenvalue weighted by atomic mass is 9.94. The molecule has 1 aliphatic rings. The fourth-order valence-electron chi connectivity index (χ4n) is 2.14. The van der Waals surface area contributed by atoms with E-state index in [0.717, 1.165) is 9.40 Å². The zero-order valence-corrected chi connectivity index (χ0v) is 12.0. The van der Waals surface area contributed by atoms with Crippen LogP contribution in [-0.4, -0.2) is 36.4 Å². The zero-order chi connectivity index (χ0) is 13.3. The lowest BCUT2D eigenvalue weighted by molar-refractivity contribution is -0.0605. The second kappa shape index (κ2) is 5.20. The Morgan fingerprint density at radius 2 is 2.21 bits per heavy atom. The average molecular weight is 297 g/mol. The second-order valence-corrected chi connectivity index (χ2v) is 6.81. The highest BCUT2D eigenvalue weighted by atomic mass is 32.1. The highest BCUT2D eigenvalue weighted by Gasteiger charge is 2.30. The molecule has 19 heavy (non-hydrogen) atoms. The van der Waals surface area contributed by atoms with Crippen LogP contribution in [-0.2, 0) is 4.74 Å². The quantitative estimate of drug-likeness (QED) is 0.913. The molecule has 0 aromatic carbocycles. The Morgan fingerprint density at radius 3 is 2.95 bits per heavy atom. The van der Waals surface area contributed by atoms with Gasteiger partial charge in [-0.3, -0.25) is 4.79 Å². The molecule has 2 aromatic rings. The van der Waals surface area contributed by atoms with Crippen molar-refractivity contribution in [3.05, 3.63) is 22.4 Å². The van der Waals surface area contributed by atoms with E-state index in [-0.39, 0.29) is 5.91 Å². The Labute approximate surface area is 119 Å². The molecule has 3 rings (SSSR count). The molecular formula is C13H15NO3S2. The summed E-state index contributed by atoms with van der Waals surface area (Å²) in [6.45, 7) is 1.41. The number of rotatable bonds is 3. The Balaban J connectivity index is 1.63. The van der Waals surface area contributed by atoms with E-state index < -0.39 is 5.60 Å². The summed E-state index contributed by atoms with van der Waals surface area (Å²) in [7, 11) is 0. The van der Waals surface area contributed by atoms with Crippen LogP contribution in [0.3, 0.4) is 0 Å². The molecule has 2 aromatic heterocycles. The van der Waals surface area contributed by atoms with Crippen molar-refractivity contribution in [2.75, 3.05) is 19.8 Å². The lowest BCUT2D eigenvalue weighted by Crippen LogP contribution is -2.46. The predicted octanol–water partition coefficient (Wildman–Crippen LogP) is 2.23. The molecule has 0 saturated carbocycles. The Hall–Kier alpha value is -0.950. The van der Waals surface area contributed by atoms with Crippen LogP contribution < -0.4 is 5.32 Å². The number of amides is 1. The molecule has 3 heterocycles. The van der Waals surface area contributed by atoms with Gasteiger partial charge in [0.05, 0.1) is 10.5 Å². The molecule has 2 N–H and O–H groups in total. The number of carbonyl (C=O) groups excluding carboxylic acids is 1. The first-order valence-corrected chi connectivity index (χ1v) is 7.91. The summed E-state index contributed by atoms with van der Waals surface area (Å²) in [6, 6.07) is 3.93. The summed E-state index contributed by atoms with van der Waals surface area (Å²) in [5.74, 6) is -0.103. The van der Waals surface area contributed by atoms with Crippen molar-refractivity contribution in [3.63, 3.8) is 0 Å². The molecule has 0 aliphatic carbocycles. The third-order valence-corrected chi connectivity index (χ3v) is 5.46. The van der Waals surface area contributed by atoms with Crippen LogP contribution in [0.5, 0.6) is 0 Å². The van der Waals surface area contributed by atoms with Gasteiger partial charge in [-0.25, -0.2) is 0 Å². The number of aliphatic hydroxyl groups is 1. The summed E-state index contributed by atoms with van der Waals surface area (Å²) in [6.07, 6.45) is 1.15. The Morgan fingerprint density at radius 1 is 1.42 bits per heavy atom. The van der Waals surface area contributed by atoms with Gasteiger partial charge >= 0.3 is 0 Å². The molecule has 1 fully saturated rings. The van der Waals surface area contributed by atoms with Crippen molar-refractivity contribution in [1.82, 2.24) is 5.32 Å². The standard InChI is InChI=1S/C13H15NO3S2/c15-12(11-7-10-9(19-11)1-6-18-10)14-8-13(16)2-4-17-5-3-13/h1,6-7,16H,2-5,8H2,(H,14,15). The maximum atomic E-state index is 12.1. The molecule has 6 heteroatoms. The van der Waals surface area contributed by atoms with Gasteiger partial charge < -0.3 is 15.2 Å². The summed E-state index contributed by atoms with van der Waals surface area (Å²) in [5.41, 5.74) is -0.817. The van der Waals surface area contributed by atoms with E-state index in [2.05, 4.69) is 5.32 Å². The van der Waals surface area contributed by atoms with Crippen molar-refractivity contribution in [2.45, 2.75) is 18.4 Å². The molecule has 1 aliphatic heterocycles. The summed E-state index contributed by atoms with van der Waals surface area (Å²) >= 11 is 3.13. The van der Waals surface area contributed by atoms with Gasteiger partial charge in [0.2, 0.25) is 0 Å². The van der Waals surface area contributed by atoms with Gasteiger partial charge in [0.25, 0.3) is 5.91 Å². The minimum absolute atomic E-state index is 0.103. The van der Waals surface area contributed by atoms with Gasteiger partial charge in [-0.1, -0.05) is 0 Å². The van der Waals surface area contributed by atoms with Gasteiger partial charge in [-0.15, -0.1) is 22.7 Å². The van der Waals surface area contributed by atoms with Crippen LogP contribution in [0.2, 0.25) is 0 Å². The minimum atomic E-state index is -0.817. The molecule has 0 radical (unpaired) electrons. The Bertz CT molecular complexity index is 555. The van der Waals surface area contributed by atoms with E-state index in [4.69, 9.17) is 4.74 Å². The van der Waals surface area contributed by atoms with Crippen molar-refractivity contribution < 1.29 is 14.6 Å². The fourth-order valence-corrected chi connectivity index (χ4v) is 4.16. The summed E-state index contributed by atoms with van der Waals surface area (Å²) < 4.78 is 7.49. The van der Waals surface area contributed by atoms with Gasteiger partial charge in [-0.05, 0) is 17.5 Å². The number of carbonyl (C=O) groups is 1. The third kappa shape index (κ3) is 2.81. The summed E-state index contributed by atoms with van der Waals surface area (Å²) in [4.78, 5) is 12.8. The molecule has 0 unspecified atom stereocenters. The van der Waals surface area contributed by atoms with Gasteiger partial charge in [0.15, 0.2) is 0 Å². The van der Waals surface area contributed by atoms with Gasteiger partial charge in [0, 0.05) is 42.0 Å². The van der Waals surface area contributed by atoms with E-state index >= 15 is 0 Å². The molecule has 0 atom stereocenters. The average Bonchev–Trinajstić information content (AvgIpc) is 2.97. The number of hydrogen-bond acceptors (Lipinski definition) is 5.